The van der Waals surface area contributed by atoms with Gasteiger partial charge >= 0.3 is 0 Å². The summed E-state index contributed by atoms with van der Waals surface area (Å²) in [5.74, 6) is 2.55. The average molecular weight is 515 g/mol. The summed E-state index contributed by atoms with van der Waals surface area (Å²) >= 11 is 0. The van der Waals surface area contributed by atoms with Crippen molar-refractivity contribution in [2.45, 2.75) is 0 Å². The Balaban J connectivity index is 1.66. The Morgan fingerprint density at radius 3 is 2.13 bits per heavy atom. The largest absolute Gasteiger partial charge is 0.493 e. The van der Waals surface area contributed by atoms with Gasteiger partial charge in [0, 0.05) is 40.5 Å². The van der Waals surface area contributed by atoms with E-state index in [1.54, 1.807) is 47.9 Å². The molecular weight excluding hydrogens is 484 g/mol. The van der Waals surface area contributed by atoms with Gasteiger partial charge in [-0.05, 0) is 35.9 Å². The number of benzene rings is 3. The lowest BCUT2D eigenvalue weighted by Crippen LogP contribution is -2.00. The van der Waals surface area contributed by atoms with E-state index in [0.717, 1.165) is 22.0 Å². The molecule has 0 aliphatic carbocycles. The number of nitrogens with one attached hydrogen (secondary N) is 2. The van der Waals surface area contributed by atoms with Crippen LogP contribution in [0.25, 0.3) is 23.1 Å². The van der Waals surface area contributed by atoms with Gasteiger partial charge in [-0.15, -0.1) is 0 Å². The second-order valence-electron chi connectivity index (χ2n) is 8.15. The van der Waals surface area contributed by atoms with Crippen molar-refractivity contribution >= 4 is 34.5 Å². The van der Waals surface area contributed by atoms with Crippen molar-refractivity contribution in [3.8, 4) is 28.7 Å². The van der Waals surface area contributed by atoms with Crippen molar-refractivity contribution in [1.82, 2.24) is 4.98 Å². The molecule has 8 heteroatoms. The van der Waals surface area contributed by atoms with E-state index in [1.165, 1.54) is 6.08 Å². The Morgan fingerprint density at radius 2 is 1.47 bits per heavy atom. The van der Waals surface area contributed by atoms with Crippen LogP contribution in [-0.2, 0) is 0 Å². The second kappa shape index (κ2) is 11.9. The SMILES string of the molecule is COc1cc(/C=C/c2ccc(OC)c(OC)c2N/C=C\C(=O)c2c[nH]c3ccccc23)cc(OC)c1OC. The Morgan fingerprint density at radius 1 is 0.789 bits per heavy atom. The molecule has 4 rings (SSSR count). The number of rotatable bonds is 11. The van der Waals surface area contributed by atoms with Crippen molar-refractivity contribution < 1.29 is 28.5 Å². The van der Waals surface area contributed by atoms with E-state index < -0.39 is 0 Å². The number of aromatic amines is 1. The number of methoxy groups -OCH3 is 5. The molecule has 0 aliphatic rings. The molecule has 0 aliphatic heterocycles. The van der Waals surface area contributed by atoms with Crippen LogP contribution >= 0.6 is 0 Å². The average Bonchev–Trinajstić information content (AvgIpc) is 3.39. The first-order chi connectivity index (χ1) is 18.5. The number of ether oxygens (including phenoxy) is 5. The molecule has 0 spiro atoms. The summed E-state index contributed by atoms with van der Waals surface area (Å²) in [7, 11) is 7.85. The minimum atomic E-state index is -0.133. The fourth-order valence-corrected chi connectivity index (χ4v) is 4.18. The molecule has 0 amide bonds. The van der Waals surface area contributed by atoms with Crippen LogP contribution in [-0.4, -0.2) is 46.3 Å². The van der Waals surface area contributed by atoms with Gasteiger partial charge in [0.25, 0.3) is 0 Å². The van der Waals surface area contributed by atoms with E-state index in [1.807, 2.05) is 60.7 Å². The molecule has 8 nitrogen and oxygen atoms in total. The maximum Gasteiger partial charge on any atom is 0.203 e. The van der Waals surface area contributed by atoms with E-state index in [2.05, 4.69) is 10.3 Å². The lowest BCUT2D eigenvalue weighted by Gasteiger charge is -2.15. The first-order valence-electron chi connectivity index (χ1n) is 11.8. The summed E-state index contributed by atoms with van der Waals surface area (Å²) in [6.07, 6.45) is 8.63. The lowest BCUT2D eigenvalue weighted by molar-refractivity contribution is 0.104. The molecule has 0 saturated carbocycles. The highest BCUT2D eigenvalue weighted by molar-refractivity contribution is 6.13. The highest BCUT2D eigenvalue weighted by atomic mass is 16.5. The van der Waals surface area contributed by atoms with Gasteiger partial charge < -0.3 is 34.0 Å². The van der Waals surface area contributed by atoms with E-state index in [-0.39, 0.29) is 5.78 Å². The van der Waals surface area contributed by atoms with Gasteiger partial charge in [0.15, 0.2) is 28.8 Å². The topological polar surface area (TPSA) is 91.0 Å². The minimum Gasteiger partial charge on any atom is -0.493 e. The maximum atomic E-state index is 12.9. The van der Waals surface area contributed by atoms with E-state index in [9.17, 15) is 4.79 Å². The van der Waals surface area contributed by atoms with Gasteiger partial charge in [0.2, 0.25) is 5.75 Å². The highest BCUT2D eigenvalue weighted by Crippen LogP contribution is 2.41. The van der Waals surface area contributed by atoms with Crippen molar-refractivity contribution in [2.75, 3.05) is 40.9 Å². The Bertz CT molecular complexity index is 1480. The molecule has 0 fully saturated rings. The van der Waals surface area contributed by atoms with Gasteiger partial charge in [-0.25, -0.2) is 0 Å². The quantitative estimate of drug-likeness (QED) is 0.140. The van der Waals surface area contributed by atoms with Crippen molar-refractivity contribution in [3.63, 3.8) is 0 Å². The summed E-state index contributed by atoms with van der Waals surface area (Å²) in [5, 5.41) is 4.08. The smallest absolute Gasteiger partial charge is 0.203 e. The molecule has 0 atom stereocenters. The third-order valence-corrected chi connectivity index (χ3v) is 6.04. The fraction of sp³-hybridized carbons (Fsp3) is 0.167. The van der Waals surface area contributed by atoms with E-state index in [0.29, 0.717) is 40.0 Å². The molecule has 1 aromatic heterocycles. The number of carbonyl (C=O) groups excluding carboxylic acids is 1. The predicted molar refractivity (Wildman–Crippen MR) is 150 cm³/mol. The van der Waals surface area contributed by atoms with E-state index >= 15 is 0 Å². The van der Waals surface area contributed by atoms with Gasteiger partial charge in [-0.1, -0.05) is 30.4 Å². The number of hydrogen-bond acceptors (Lipinski definition) is 7. The zero-order valence-electron chi connectivity index (χ0n) is 22.0. The molecule has 1 heterocycles. The zero-order valence-corrected chi connectivity index (χ0v) is 22.0. The third-order valence-electron chi connectivity index (χ3n) is 6.04. The Kier molecular flexibility index (Phi) is 8.23. The van der Waals surface area contributed by atoms with Crippen molar-refractivity contribution in [1.29, 1.82) is 0 Å². The predicted octanol–water partition coefficient (Wildman–Crippen LogP) is 6.19. The standard InChI is InChI=1S/C30H30N2O6/c1-34-25-13-12-20(11-10-19-16-26(35-2)29(37-4)27(17-19)36-3)28(30(25)38-5)31-15-14-24(33)22-18-32-23-9-7-6-8-21(22)23/h6-18,31-32H,1-5H3/b11-10+,15-14-. The van der Waals surface area contributed by atoms with Crippen LogP contribution in [0.4, 0.5) is 5.69 Å². The molecule has 2 N–H and O–H groups in total. The summed E-state index contributed by atoms with van der Waals surface area (Å²) in [6.45, 7) is 0. The molecule has 0 radical (unpaired) electrons. The molecule has 0 unspecified atom stereocenters. The lowest BCUT2D eigenvalue weighted by atomic mass is 10.1. The Labute approximate surface area is 221 Å². The minimum absolute atomic E-state index is 0.133. The number of hydrogen-bond donors (Lipinski definition) is 2. The number of aromatic nitrogens is 1. The van der Waals surface area contributed by atoms with Crippen LogP contribution < -0.4 is 29.0 Å². The van der Waals surface area contributed by atoms with Crippen LogP contribution in [0.3, 0.4) is 0 Å². The number of fused-ring (bicyclic) bond motifs is 1. The van der Waals surface area contributed by atoms with Crippen LogP contribution in [0.1, 0.15) is 21.5 Å². The summed E-state index contributed by atoms with van der Waals surface area (Å²) < 4.78 is 27.5. The first-order valence-corrected chi connectivity index (χ1v) is 11.8. The Hall–Kier alpha value is -4.85. The van der Waals surface area contributed by atoms with Crippen LogP contribution in [0, 0.1) is 0 Å². The molecule has 4 aromatic rings. The monoisotopic (exact) mass is 514 g/mol. The summed E-state index contributed by atoms with van der Waals surface area (Å²) in [4.78, 5) is 16.0. The fourth-order valence-electron chi connectivity index (χ4n) is 4.18. The maximum absolute atomic E-state index is 12.9. The summed E-state index contributed by atoms with van der Waals surface area (Å²) in [5.41, 5.74) is 3.79. The van der Waals surface area contributed by atoms with Crippen LogP contribution in [0.5, 0.6) is 28.7 Å². The van der Waals surface area contributed by atoms with Crippen molar-refractivity contribution in [2.24, 2.45) is 0 Å². The number of para-hydroxylation sites is 1. The van der Waals surface area contributed by atoms with Gasteiger partial charge in [0.1, 0.15) is 0 Å². The van der Waals surface area contributed by atoms with Crippen LogP contribution in [0.2, 0.25) is 0 Å². The molecule has 0 bridgehead atoms. The highest BCUT2D eigenvalue weighted by Gasteiger charge is 2.15. The van der Waals surface area contributed by atoms with Gasteiger partial charge in [-0.2, -0.15) is 0 Å². The summed E-state index contributed by atoms with van der Waals surface area (Å²) in [6, 6.07) is 15.1. The molecule has 196 valence electrons. The van der Waals surface area contributed by atoms with Gasteiger partial charge in [-0.3, -0.25) is 4.79 Å². The molecule has 38 heavy (non-hydrogen) atoms. The zero-order chi connectivity index (χ0) is 27.1. The second-order valence-corrected chi connectivity index (χ2v) is 8.15. The number of H-pyrrole nitrogens is 1. The van der Waals surface area contributed by atoms with Crippen molar-refractivity contribution in [3.05, 3.63) is 83.7 Å². The normalized spacial score (nSPS) is 11.2. The molecule has 3 aromatic carbocycles. The number of carbonyl (C=O) groups is 1. The first kappa shape index (κ1) is 26.2. The number of anilines is 1. The third kappa shape index (κ3) is 5.29. The number of ketones is 1. The molecular formula is C30H30N2O6. The van der Waals surface area contributed by atoms with E-state index in [4.69, 9.17) is 23.7 Å². The molecule has 0 saturated heterocycles. The van der Waals surface area contributed by atoms with Crippen LogP contribution in [0.15, 0.2) is 67.0 Å². The van der Waals surface area contributed by atoms with Gasteiger partial charge in [0.05, 0.1) is 41.2 Å². The number of allylic oxidation sites excluding steroid dienone is 1.